The van der Waals surface area contributed by atoms with Crippen molar-refractivity contribution in [2.24, 2.45) is 5.84 Å². The van der Waals surface area contributed by atoms with E-state index in [4.69, 9.17) is 17.4 Å². The second-order valence-electron chi connectivity index (χ2n) is 4.80. The molecule has 1 aromatic heterocycles. The first-order chi connectivity index (χ1) is 9.97. The molecule has 0 saturated heterocycles. The molecule has 0 amide bonds. The molecular formula is C12H19ClN4O2S2. The number of sulfonamides is 1. The smallest absolute Gasteiger partial charge is 0.242 e. The molecule has 1 aliphatic carbocycles. The molecule has 6 nitrogen and oxygen atoms in total. The number of nitrogens with two attached hydrogens (primary N) is 1. The molecular weight excluding hydrogens is 332 g/mol. The molecule has 4 N–H and O–H groups in total. The van der Waals surface area contributed by atoms with Gasteiger partial charge in [0.05, 0.1) is 5.02 Å². The van der Waals surface area contributed by atoms with Gasteiger partial charge in [-0.25, -0.2) is 24.0 Å². The Bertz CT molecular complexity index is 597. The van der Waals surface area contributed by atoms with Crippen LogP contribution in [-0.4, -0.2) is 30.4 Å². The van der Waals surface area contributed by atoms with Gasteiger partial charge in [0.1, 0.15) is 4.90 Å². The van der Waals surface area contributed by atoms with E-state index in [0.717, 1.165) is 25.0 Å². The van der Waals surface area contributed by atoms with Crippen LogP contribution in [0.5, 0.6) is 0 Å². The van der Waals surface area contributed by atoms with Crippen LogP contribution in [0.25, 0.3) is 0 Å². The highest BCUT2D eigenvalue weighted by Gasteiger charge is 2.31. The van der Waals surface area contributed by atoms with Crippen LogP contribution in [0.15, 0.2) is 17.2 Å². The van der Waals surface area contributed by atoms with E-state index in [1.165, 1.54) is 12.3 Å². The Morgan fingerprint density at radius 3 is 2.90 bits per heavy atom. The van der Waals surface area contributed by atoms with Gasteiger partial charge in [-0.3, -0.25) is 0 Å². The van der Waals surface area contributed by atoms with Crippen molar-refractivity contribution in [3.05, 3.63) is 17.3 Å². The topological polar surface area (TPSA) is 97.1 Å². The summed E-state index contributed by atoms with van der Waals surface area (Å²) in [6.45, 7) is 2.08. The molecule has 0 radical (unpaired) electrons. The Morgan fingerprint density at radius 2 is 2.29 bits per heavy atom. The van der Waals surface area contributed by atoms with Crippen molar-refractivity contribution >= 4 is 39.2 Å². The number of anilines is 1. The lowest BCUT2D eigenvalue weighted by molar-refractivity contribution is 0.555. The number of thioether (sulfide) groups is 1. The number of nitrogen functional groups attached to an aromatic ring is 1. The van der Waals surface area contributed by atoms with E-state index >= 15 is 0 Å². The third-order valence-electron chi connectivity index (χ3n) is 3.40. The maximum absolute atomic E-state index is 12.4. The van der Waals surface area contributed by atoms with Crippen LogP contribution in [0.3, 0.4) is 0 Å². The fourth-order valence-corrected chi connectivity index (χ4v) is 5.27. The highest BCUT2D eigenvalue weighted by atomic mass is 35.5. The van der Waals surface area contributed by atoms with Crippen LogP contribution in [0.2, 0.25) is 5.02 Å². The summed E-state index contributed by atoms with van der Waals surface area (Å²) in [7, 11) is -3.62. The number of hydrogen-bond acceptors (Lipinski definition) is 6. The van der Waals surface area contributed by atoms with Crippen molar-refractivity contribution in [3.8, 4) is 0 Å². The van der Waals surface area contributed by atoms with Crippen LogP contribution in [0.1, 0.15) is 26.2 Å². The second-order valence-corrected chi connectivity index (χ2v) is 8.44. The zero-order valence-corrected chi connectivity index (χ0v) is 14.1. The van der Waals surface area contributed by atoms with Gasteiger partial charge in [0.15, 0.2) is 5.82 Å². The first kappa shape index (κ1) is 16.8. The molecule has 21 heavy (non-hydrogen) atoms. The van der Waals surface area contributed by atoms with Crippen molar-refractivity contribution in [1.29, 1.82) is 0 Å². The quantitative estimate of drug-likeness (QED) is 0.536. The lowest BCUT2D eigenvalue weighted by Crippen LogP contribution is -2.38. The van der Waals surface area contributed by atoms with E-state index in [0.29, 0.717) is 5.25 Å². The number of rotatable bonds is 6. The summed E-state index contributed by atoms with van der Waals surface area (Å²) < 4.78 is 27.6. The molecule has 2 rings (SSSR count). The molecule has 2 unspecified atom stereocenters. The predicted molar refractivity (Wildman–Crippen MR) is 86.9 cm³/mol. The lowest BCUT2D eigenvalue weighted by Gasteiger charge is -2.20. The summed E-state index contributed by atoms with van der Waals surface area (Å²) in [5.74, 6) is 6.45. The zero-order chi connectivity index (χ0) is 15.5. The number of nitrogens with one attached hydrogen (secondary N) is 2. The van der Waals surface area contributed by atoms with Crippen LogP contribution in [-0.2, 0) is 10.0 Å². The number of pyridine rings is 1. The van der Waals surface area contributed by atoms with Gasteiger partial charge in [-0.05, 0) is 24.7 Å². The first-order valence-electron chi connectivity index (χ1n) is 6.74. The average Bonchev–Trinajstić information content (AvgIpc) is 2.86. The third kappa shape index (κ3) is 4.01. The van der Waals surface area contributed by atoms with Gasteiger partial charge in [-0.2, -0.15) is 11.8 Å². The van der Waals surface area contributed by atoms with E-state index in [-0.39, 0.29) is 21.8 Å². The average molecular weight is 351 g/mol. The summed E-state index contributed by atoms with van der Waals surface area (Å²) in [5.41, 5.74) is 2.31. The molecule has 9 heteroatoms. The molecule has 1 heterocycles. The molecule has 0 spiro atoms. The van der Waals surface area contributed by atoms with Crippen LogP contribution < -0.4 is 16.0 Å². The highest BCUT2D eigenvalue weighted by molar-refractivity contribution is 8.00. The summed E-state index contributed by atoms with van der Waals surface area (Å²) in [6.07, 6.45) is 4.20. The van der Waals surface area contributed by atoms with Gasteiger partial charge in [0, 0.05) is 17.5 Å². The molecule has 1 fully saturated rings. The third-order valence-corrected chi connectivity index (χ3v) is 6.47. The van der Waals surface area contributed by atoms with Crippen LogP contribution in [0.4, 0.5) is 5.82 Å². The maximum Gasteiger partial charge on any atom is 0.242 e. The summed E-state index contributed by atoms with van der Waals surface area (Å²) in [5, 5.41) is 0.504. The van der Waals surface area contributed by atoms with Gasteiger partial charge in [-0.15, -0.1) is 0 Å². The van der Waals surface area contributed by atoms with Crippen LogP contribution in [0, 0.1) is 0 Å². The monoisotopic (exact) mass is 350 g/mol. The zero-order valence-electron chi connectivity index (χ0n) is 11.7. The number of aromatic nitrogens is 1. The standard InChI is InChI=1S/C12H19ClN4O2S2/c1-2-20-11-5-3-4-10(11)17-21(18,19)8-6-9(13)12(16-14)15-7-8/h6-7,10-11,17H,2-5,14H2,1H3,(H,15,16). The number of nitrogens with zero attached hydrogens (tertiary/aromatic N) is 1. The number of hydrazine groups is 1. The van der Waals surface area contributed by atoms with E-state index < -0.39 is 10.0 Å². The molecule has 0 aliphatic heterocycles. The minimum absolute atomic E-state index is 0.0361. The predicted octanol–water partition coefficient (Wildman–Crippen LogP) is 1.97. The largest absolute Gasteiger partial charge is 0.307 e. The van der Waals surface area contributed by atoms with Gasteiger partial charge >= 0.3 is 0 Å². The normalized spacial score (nSPS) is 22.4. The fraction of sp³-hybridized carbons (Fsp3) is 0.583. The Kier molecular flexibility index (Phi) is 5.73. The van der Waals surface area contributed by atoms with E-state index in [2.05, 4.69) is 22.1 Å². The molecule has 118 valence electrons. The van der Waals surface area contributed by atoms with Gasteiger partial charge < -0.3 is 5.43 Å². The van der Waals surface area contributed by atoms with Gasteiger partial charge in [-0.1, -0.05) is 24.9 Å². The highest BCUT2D eigenvalue weighted by Crippen LogP contribution is 2.31. The van der Waals surface area contributed by atoms with Gasteiger partial charge in [0.25, 0.3) is 0 Å². The summed E-state index contributed by atoms with van der Waals surface area (Å²) in [4.78, 5) is 3.95. The Hall–Kier alpha value is -0.540. The van der Waals surface area contributed by atoms with E-state index in [1.54, 1.807) is 11.8 Å². The molecule has 1 aliphatic rings. The Morgan fingerprint density at radius 1 is 1.52 bits per heavy atom. The minimum atomic E-state index is -3.62. The number of hydrogen-bond donors (Lipinski definition) is 3. The van der Waals surface area contributed by atoms with Crippen LogP contribution >= 0.6 is 23.4 Å². The summed E-state index contributed by atoms with van der Waals surface area (Å²) >= 11 is 7.73. The Balaban J connectivity index is 2.16. The molecule has 0 bridgehead atoms. The second kappa shape index (κ2) is 7.15. The van der Waals surface area contributed by atoms with Crippen molar-refractivity contribution in [1.82, 2.24) is 9.71 Å². The fourth-order valence-electron chi connectivity index (χ4n) is 2.42. The van der Waals surface area contributed by atoms with Crippen molar-refractivity contribution < 1.29 is 8.42 Å². The molecule has 0 aromatic carbocycles. The van der Waals surface area contributed by atoms with Crippen molar-refractivity contribution in [2.45, 2.75) is 42.4 Å². The molecule has 1 aromatic rings. The molecule has 2 atom stereocenters. The van der Waals surface area contributed by atoms with Crippen molar-refractivity contribution in [3.63, 3.8) is 0 Å². The summed E-state index contributed by atoms with van der Waals surface area (Å²) in [6, 6.07) is 1.31. The first-order valence-corrected chi connectivity index (χ1v) is 9.65. The van der Waals surface area contributed by atoms with E-state index in [9.17, 15) is 8.42 Å². The SMILES string of the molecule is CCSC1CCCC1NS(=O)(=O)c1cnc(NN)c(Cl)c1. The number of halogens is 1. The maximum atomic E-state index is 12.4. The lowest BCUT2D eigenvalue weighted by atomic mass is 10.3. The van der Waals surface area contributed by atoms with E-state index in [1.807, 2.05) is 0 Å². The molecule has 1 saturated carbocycles. The minimum Gasteiger partial charge on any atom is -0.307 e. The van der Waals surface area contributed by atoms with Gasteiger partial charge in [0.2, 0.25) is 10.0 Å². The Labute approximate surface area is 134 Å². The van der Waals surface area contributed by atoms with Crippen molar-refractivity contribution in [2.75, 3.05) is 11.2 Å².